The lowest BCUT2D eigenvalue weighted by atomic mass is 10.1. The van der Waals surface area contributed by atoms with Crippen LogP contribution in [0, 0.1) is 0 Å². The lowest BCUT2D eigenvalue weighted by molar-refractivity contribution is 0.125. The van der Waals surface area contributed by atoms with Crippen LogP contribution in [0.15, 0.2) is 0 Å². The Morgan fingerprint density at radius 1 is 1.31 bits per heavy atom. The zero-order valence-electron chi connectivity index (χ0n) is 8.28. The predicted molar refractivity (Wildman–Crippen MR) is 59.4 cm³/mol. The molecule has 1 fully saturated rings. The van der Waals surface area contributed by atoms with Crippen LogP contribution in [0.5, 0.6) is 0 Å². The Morgan fingerprint density at radius 3 is 2.85 bits per heavy atom. The van der Waals surface area contributed by atoms with Gasteiger partial charge < -0.3 is 5.11 Å². The highest BCUT2D eigenvalue weighted by Crippen LogP contribution is 2.16. The first kappa shape index (κ1) is 11.3. The molecule has 0 saturated carbocycles. The Hall–Kier alpha value is 0.270. The van der Waals surface area contributed by atoms with Gasteiger partial charge in [-0.05, 0) is 38.1 Å². The highest BCUT2D eigenvalue weighted by Gasteiger charge is 2.18. The van der Waals surface area contributed by atoms with Crippen LogP contribution >= 0.6 is 12.6 Å². The predicted octanol–water partition coefficient (Wildman–Crippen LogP) is 1.54. The number of aliphatic hydroxyl groups excluding tert-OH is 1. The molecule has 1 N–H and O–H groups in total. The number of likely N-dealkylation sites (tertiary alicyclic amines) is 1. The van der Waals surface area contributed by atoms with Crippen LogP contribution in [-0.2, 0) is 0 Å². The normalized spacial score (nSPS) is 25.8. The average Bonchev–Trinajstić information content (AvgIpc) is 2.39. The van der Waals surface area contributed by atoms with E-state index in [0.717, 1.165) is 18.7 Å². The third kappa shape index (κ3) is 3.88. The molecule has 0 radical (unpaired) electrons. The van der Waals surface area contributed by atoms with E-state index in [0.29, 0.717) is 12.6 Å². The molecule has 0 amide bonds. The van der Waals surface area contributed by atoms with E-state index in [1.165, 1.54) is 32.2 Å². The average molecular weight is 203 g/mol. The minimum Gasteiger partial charge on any atom is -0.395 e. The Morgan fingerprint density at radius 2 is 2.15 bits per heavy atom. The summed E-state index contributed by atoms with van der Waals surface area (Å²) in [5.74, 6) is 0.953. The van der Waals surface area contributed by atoms with Gasteiger partial charge in [0.2, 0.25) is 0 Å². The van der Waals surface area contributed by atoms with Gasteiger partial charge in [-0.2, -0.15) is 12.6 Å². The second-order valence-corrected chi connectivity index (χ2v) is 4.25. The van der Waals surface area contributed by atoms with E-state index in [1.807, 2.05) is 0 Å². The fourth-order valence-corrected chi connectivity index (χ4v) is 2.15. The molecule has 1 aliphatic rings. The second-order valence-electron chi connectivity index (χ2n) is 3.80. The van der Waals surface area contributed by atoms with Gasteiger partial charge in [-0.25, -0.2) is 0 Å². The smallest absolute Gasteiger partial charge is 0.0586 e. The van der Waals surface area contributed by atoms with Crippen molar-refractivity contribution in [3.63, 3.8) is 0 Å². The van der Waals surface area contributed by atoms with Crippen molar-refractivity contribution in [2.45, 2.75) is 38.1 Å². The highest BCUT2D eigenvalue weighted by molar-refractivity contribution is 7.80. The summed E-state index contributed by atoms with van der Waals surface area (Å²) in [7, 11) is 0. The molecule has 1 unspecified atom stereocenters. The van der Waals surface area contributed by atoms with Gasteiger partial charge >= 0.3 is 0 Å². The highest BCUT2D eigenvalue weighted by atomic mass is 32.1. The van der Waals surface area contributed by atoms with Gasteiger partial charge in [-0.1, -0.05) is 12.8 Å². The number of nitrogens with zero attached hydrogens (tertiary/aromatic N) is 1. The molecule has 1 rings (SSSR count). The lowest BCUT2D eigenvalue weighted by Crippen LogP contribution is -2.38. The molecule has 0 aromatic heterocycles. The van der Waals surface area contributed by atoms with Crippen LogP contribution < -0.4 is 0 Å². The second kappa shape index (κ2) is 6.68. The number of rotatable bonds is 4. The van der Waals surface area contributed by atoms with E-state index < -0.39 is 0 Å². The fourth-order valence-electron chi connectivity index (χ4n) is 2.01. The Kier molecular flexibility index (Phi) is 5.83. The summed E-state index contributed by atoms with van der Waals surface area (Å²) in [6, 6.07) is 0.419. The molecule has 0 aromatic rings. The van der Waals surface area contributed by atoms with Crippen molar-refractivity contribution in [1.29, 1.82) is 0 Å². The molecular formula is C10H21NOS. The molecule has 13 heavy (non-hydrogen) atoms. The quantitative estimate of drug-likeness (QED) is 0.677. The Balaban J connectivity index is 2.34. The molecule has 1 heterocycles. The summed E-state index contributed by atoms with van der Waals surface area (Å²) in [5.41, 5.74) is 0. The molecule has 2 nitrogen and oxygen atoms in total. The van der Waals surface area contributed by atoms with Gasteiger partial charge in [0.1, 0.15) is 0 Å². The van der Waals surface area contributed by atoms with Gasteiger partial charge in [0.05, 0.1) is 6.61 Å². The SMILES string of the molecule is OCC1CCCCCN1CCCS. The van der Waals surface area contributed by atoms with Gasteiger partial charge in [0.25, 0.3) is 0 Å². The topological polar surface area (TPSA) is 23.5 Å². The first-order valence-electron chi connectivity index (χ1n) is 5.34. The van der Waals surface area contributed by atoms with Crippen LogP contribution in [0.4, 0.5) is 0 Å². The first-order valence-corrected chi connectivity index (χ1v) is 5.97. The minimum absolute atomic E-state index is 0.326. The van der Waals surface area contributed by atoms with Gasteiger partial charge in [-0.3, -0.25) is 4.90 Å². The summed E-state index contributed by atoms with van der Waals surface area (Å²) < 4.78 is 0. The third-order valence-corrected chi connectivity index (χ3v) is 3.13. The van der Waals surface area contributed by atoms with E-state index >= 15 is 0 Å². The number of thiol groups is 1. The van der Waals surface area contributed by atoms with Crippen LogP contribution in [0.1, 0.15) is 32.1 Å². The first-order chi connectivity index (χ1) is 6.38. The molecule has 3 heteroatoms. The summed E-state index contributed by atoms with van der Waals surface area (Å²) in [4.78, 5) is 2.43. The van der Waals surface area contributed by atoms with Crippen molar-refractivity contribution >= 4 is 12.6 Å². The van der Waals surface area contributed by atoms with E-state index in [2.05, 4.69) is 17.5 Å². The molecule has 0 aliphatic carbocycles. The van der Waals surface area contributed by atoms with Crippen molar-refractivity contribution in [3.8, 4) is 0 Å². The van der Waals surface area contributed by atoms with Crippen LogP contribution in [0.2, 0.25) is 0 Å². The summed E-state index contributed by atoms with van der Waals surface area (Å²) in [6.07, 6.45) is 6.21. The zero-order valence-corrected chi connectivity index (χ0v) is 9.18. The minimum atomic E-state index is 0.326. The van der Waals surface area contributed by atoms with Gasteiger partial charge in [-0.15, -0.1) is 0 Å². The lowest BCUT2D eigenvalue weighted by Gasteiger charge is -2.28. The van der Waals surface area contributed by atoms with Crippen molar-refractivity contribution in [2.24, 2.45) is 0 Å². The molecule has 1 atom stereocenters. The summed E-state index contributed by atoms with van der Waals surface area (Å²) >= 11 is 4.22. The summed E-state index contributed by atoms with van der Waals surface area (Å²) in [5, 5.41) is 9.23. The summed E-state index contributed by atoms with van der Waals surface area (Å²) in [6.45, 7) is 2.60. The number of hydrogen-bond acceptors (Lipinski definition) is 3. The van der Waals surface area contributed by atoms with Crippen molar-refractivity contribution < 1.29 is 5.11 Å². The maximum Gasteiger partial charge on any atom is 0.0586 e. The Labute approximate surface area is 86.7 Å². The van der Waals surface area contributed by atoms with E-state index in [-0.39, 0.29) is 0 Å². The third-order valence-electron chi connectivity index (χ3n) is 2.81. The molecule has 78 valence electrons. The van der Waals surface area contributed by atoms with Gasteiger partial charge in [0, 0.05) is 6.04 Å². The van der Waals surface area contributed by atoms with Crippen molar-refractivity contribution in [3.05, 3.63) is 0 Å². The monoisotopic (exact) mass is 203 g/mol. The Bertz CT molecular complexity index is 132. The molecule has 0 spiro atoms. The largest absolute Gasteiger partial charge is 0.395 e. The van der Waals surface area contributed by atoms with Crippen LogP contribution in [0.25, 0.3) is 0 Å². The number of hydrogen-bond donors (Lipinski definition) is 2. The standard InChI is InChI=1S/C10H21NOS/c12-9-10-5-2-1-3-6-11(10)7-4-8-13/h10,12-13H,1-9H2. The molecule has 1 aliphatic heterocycles. The van der Waals surface area contributed by atoms with E-state index in [9.17, 15) is 5.11 Å². The maximum atomic E-state index is 9.23. The van der Waals surface area contributed by atoms with Crippen LogP contribution in [-0.4, -0.2) is 41.5 Å². The van der Waals surface area contributed by atoms with E-state index in [1.54, 1.807) is 0 Å². The maximum absolute atomic E-state index is 9.23. The van der Waals surface area contributed by atoms with E-state index in [4.69, 9.17) is 0 Å². The van der Waals surface area contributed by atoms with Crippen molar-refractivity contribution in [2.75, 3.05) is 25.4 Å². The van der Waals surface area contributed by atoms with Gasteiger partial charge in [0.15, 0.2) is 0 Å². The molecule has 0 aromatic carbocycles. The fraction of sp³-hybridized carbons (Fsp3) is 1.00. The zero-order chi connectivity index (χ0) is 9.52. The van der Waals surface area contributed by atoms with Crippen LogP contribution in [0.3, 0.4) is 0 Å². The number of aliphatic hydroxyl groups is 1. The molecule has 0 bridgehead atoms. The molecule has 1 saturated heterocycles. The van der Waals surface area contributed by atoms with Crippen molar-refractivity contribution in [1.82, 2.24) is 4.90 Å². The molecular weight excluding hydrogens is 182 g/mol.